The van der Waals surface area contributed by atoms with E-state index >= 15 is 0 Å². The van der Waals surface area contributed by atoms with Crippen LogP contribution in [0.4, 0.5) is 11.4 Å². The second-order valence-corrected chi connectivity index (χ2v) is 5.38. The molecule has 2 aromatic carbocycles. The minimum Gasteiger partial charge on any atom is -0.314 e. The number of hydrogen-bond donors (Lipinski definition) is 0. The Hall–Kier alpha value is -1.12. The van der Waals surface area contributed by atoms with E-state index in [-0.39, 0.29) is 4.83 Å². The first-order chi connectivity index (χ1) is 7.86. The highest BCUT2D eigenvalue weighted by Crippen LogP contribution is 2.48. The molecule has 16 heavy (non-hydrogen) atoms. The van der Waals surface area contributed by atoms with Crippen LogP contribution in [0.3, 0.4) is 0 Å². The molecule has 0 aliphatic carbocycles. The maximum absolute atomic E-state index is 6.37. The van der Waals surface area contributed by atoms with Crippen LogP contribution in [0.15, 0.2) is 59.5 Å². The smallest absolute Gasteiger partial charge is 0.160 e. The van der Waals surface area contributed by atoms with Crippen LogP contribution >= 0.6 is 23.4 Å². The number of thioether (sulfide) groups is 1. The number of nitrogens with zero attached hydrogens (tertiary/aromatic N) is 1. The van der Waals surface area contributed by atoms with E-state index in [9.17, 15) is 0 Å². The third-order valence-corrected chi connectivity index (χ3v) is 4.05. The van der Waals surface area contributed by atoms with Crippen molar-refractivity contribution in [2.24, 2.45) is 0 Å². The van der Waals surface area contributed by atoms with Gasteiger partial charge in [-0.25, -0.2) is 0 Å². The molecule has 3 rings (SSSR count). The van der Waals surface area contributed by atoms with Gasteiger partial charge in [0, 0.05) is 10.6 Å². The average Bonchev–Trinajstić information content (AvgIpc) is 2.66. The summed E-state index contributed by atoms with van der Waals surface area (Å²) in [5.74, 6) is 0. The molecule has 1 heterocycles. The van der Waals surface area contributed by atoms with Crippen molar-refractivity contribution in [3.8, 4) is 0 Å². The van der Waals surface area contributed by atoms with Gasteiger partial charge in [0.15, 0.2) is 4.83 Å². The number of para-hydroxylation sites is 2. The van der Waals surface area contributed by atoms with Gasteiger partial charge in [0.05, 0.1) is 5.69 Å². The highest BCUT2D eigenvalue weighted by atomic mass is 35.5. The molecule has 0 spiro atoms. The van der Waals surface area contributed by atoms with Crippen LogP contribution in [-0.2, 0) is 0 Å². The molecule has 0 fully saturated rings. The number of anilines is 2. The normalized spacial score (nSPS) is 18.6. The summed E-state index contributed by atoms with van der Waals surface area (Å²) in [6.07, 6.45) is 0. The Kier molecular flexibility index (Phi) is 2.54. The molecule has 0 amide bonds. The zero-order valence-corrected chi connectivity index (χ0v) is 10.1. The van der Waals surface area contributed by atoms with Gasteiger partial charge < -0.3 is 4.90 Å². The molecule has 1 atom stereocenters. The summed E-state index contributed by atoms with van der Waals surface area (Å²) in [5, 5.41) is 0. The second-order valence-electron chi connectivity index (χ2n) is 3.58. The number of alkyl halides is 1. The maximum atomic E-state index is 6.37. The number of benzene rings is 2. The van der Waals surface area contributed by atoms with E-state index in [1.165, 1.54) is 10.6 Å². The summed E-state index contributed by atoms with van der Waals surface area (Å²) >= 11 is 8.05. The maximum Gasteiger partial charge on any atom is 0.160 e. The largest absolute Gasteiger partial charge is 0.314 e. The Labute approximate surface area is 104 Å². The second kappa shape index (κ2) is 4.04. The average molecular weight is 248 g/mol. The van der Waals surface area contributed by atoms with Gasteiger partial charge in [0.1, 0.15) is 0 Å². The molecular formula is C13H10ClNS. The van der Waals surface area contributed by atoms with E-state index in [4.69, 9.17) is 11.6 Å². The first-order valence-corrected chi connectivity index (χ1v) is 6.42. The molecule has 1 nitrogen and oxygen atoms in total. The zero-order chi connectivity index (χ0) is 11.0. The molecule has 0 saturated heterocycles. The molecule has 3 heteroatoms. The fourth-order valence-corrected chi connectivity index (χ4v) is 3.37. The van der Waals surface area contributed by atoms with E-state index < -0.39 is 0 Å². The van der Waals surface area contributed by atoms with E-state index in [0.717, 1.165) is 5.69 Å². The van der Waals surface area contributed by atoms with E-state index in [0.29, 0.717) is 0 Å². The summed E-state index contributed by atoms with van der Waals surface area (Å²) in [6, 6.07) is 18.6. The van der Waals surface area contributed by atoms with Crippen molar-refractivity contribution in [2.45, 2.75) is 9.73 Å². The number of fused-ring (bicyclic) bond motifs is 1. The van der Waals surface area contributed by atoms with Gasteiger partial charge in [-0.2, -0.15) is 0 Å². The fraction of sp³-hybridized carbons (Fsp3) is 0.0769. The summed E-state index contributed by atoms with van der Waals surface area (Å²) in [4.78, 5) is 3.34. The van der Waals surface area contributed by atoms with E-state index in [2.05, 4.69) is 29.2 Å². The van der Waals surface area contributed by atoms with Crippen molar-refractivity contribution in [1.82, 2.24) is 0 Å². The lowest BCUT2D eigenvalue weighted by molar-refractivity contribution is 1.12. The minimum absolute atomic E-state index is 0.0557. The van der Waals surface area contributed by atoms with Gasteiger partial charge in [0.2, 0.25) is 0 Å². The van der Waals surface area contributed by atoms with Gasteiger partial charge >= 0.3 is 0 Å². The summed E-state index contributed by atoms with van der Waals surface area (Å²) in [7, 11) is 0. The number of rotatable bonds is 1. The molecule has 1 aliphatic heterocycles. The predicted molar refractivity (Wildman–Crippen MR) is 70.5 cm³/mol. The molecule has 0 bridgehead atoms. The standard InChI is InChI=1S/C13H10ClNS/c14-13-15(10-6-2-1-3-7-10)11-8-4-5-9-12(11)16-13/h1-9,13H. The summed E-state index contributed by atoms with van der Waals surface area (Å²) in [6.45, 7) is 0. The Morgan fingerprint density at radius 3 is 2.44 bits per heavy atom. The topological polar surface area (TPSA) is 3.24 Å². The van der Waals surface area contributed by atoms with Crippen LogP contribution in [0.5, 0.6) is 0 Å². The van der Waals surface area contributed by atoms with Crippen LogP contribution < -0.4 is 4.90 Å². The summed E-state index contributed by atoms with van der Waals surface area (Å²) in [5.41, 5.74) is 2.33. The quantitative estimate of drug-likeness (QED) is 0.541. The Bertz CT molecular complexity index is 500. The van der Waals surface area contributed by atoms with Crippen LogP contribution in [0.2, 0.25) is 0 Å². The predicted octanol–water partition coefficient (Wildman–Crippen LogP) is 4.45. The molecule has 1 unspecified atom stereocenters. The number of hydrogen-bond acceptors (Lipinski definition) is 2. The van der Waals surface area contributed by atoms with Crippen LogP contribution in [0.25, 0.3) is 0 Å². The lowest BCUT2D eigenvalue weighted by atomic mass is 10.2. The molecule has 2 aromatic rings. The van der Waals surface area contributed by atoms with Crippen molar-refractivity contribution >= 4 is 34.7 Å². The van der Waals surface area contributed by atoms with Gasteiger partial charge in [0.25, 0.3) is 0 Å². The fourth-order valence-electron chi connectivity index (χ4n) is 1.87. The van der Waals surface area contributed by atoms with Gasteiger partial charge in [-0.1, -0.05) is 53.7 Å². The van der Waals surface area contributed by atoms with Crippen molar-refractivity contribution in [1.29, 1.82) is 0 Å². The van der Waals surface area contributed by atoms with Gasteiger partial charge in [-0.3, -0.25) is 0 Å². The lowest BCUT2D eigenvalue weighted by Gasteiger charge is -2.22. The monoisotopic (exact) mass is 247 g/mol. The minimum atomic E-state index is -0.0557. The molecule has 0 saturated carbocycles. The molecular weight excluding hydrogens is 238 g/mol. The highest BCUT2D eigenvalue weighted by molar-refractivity contribution is 8.01. The SMILES string of the molecule is ClC1Sc2ccccc2N1c1ccccc1. The molecule has 1 aliphatic rings. The van der Waals surface area contributed by atoms with Crippen LogP contribution in [-0.4, -0.2) is 4.83 Å². The van der Waals surface area contributed by atoms with Gasteiger partial charge in [-0.05, 0) is 24.3 Å². The third kappa shape index (κ3) is 1.58. The van der Waals surface area contributed by atoms with Crippen molar-refractivity contribution in [3.05, 3.63) is 54.6 Å². The number of halogens is 1. The molecule has 0 aromatic heterocycles. The van der Waals surface area contributed by atoms with Crippen molar-refractivity contribution < 1.29 is 0 Å². The Morgan fingerprint density at radius 2 is 1.62 bits per heavy atom. The lowest BCUT2D eigenvalue weighted by Crippen LogP contribution is -2.18. The van der Waals surface area contributed by atoms with E-state index in [1.54, 1.807) is 11.8 Å². The van der Waals surface area contributed by atoms with Crippen molar-refractivity contribution in [3.63, 3.8) is 0 Å². The molecule has 0 radical (unpaired) electrons. The van der Waals surface area contributed by atoms with Gasteiger partial charge in [-0.15, -0.1) is 0 Å². The van der Waals surface area contributed by atoms with Crippen molar-refractivity contribution in [2.75, 3.05) is 4.90 Å². The van der Waals surface area contributed by atoms with E-state index in [1.807, 2.05) is 30.3 Å². The van der Waals surface area contributed by atoms with Crippen LogP contribution in [0.1, 0.15) is 0 Å². The Morgan fingerprint density at radius 1 is 0.938 bits per heavy atom. The third-order valence-electron chi connectivity index (χ3n) is 2.59. The molecule has 80 valence electrons. The molecule has 0 N–H and O–H groups in total. The summed E-state index contributed by atoms with van der Waals surface area (Å²) < 4.78 is 0. The zero-order valence-electron chi connectivity index (χ0n) is 8.51. The Balaban J connectivity index is 2.09. The highest BCUT2D eigenvalue weighted by Gasteiger charge is 2.28. The van der Waals surface area contributed by atoms with Crippen LogP contribution in [0, 0.1) is 0 Å². The first-order valence-electron chi connectivity index (χ1n) is 5.10. The first kappa shape index (κ1) is 10.1.